The first kappa shape index (κ1) is 19.9. The predicted molar refractivity (Wildman–Crippen MR) is 103 cm³/mol. The molecule has 0 amide bonds. The van der Waals surface area contributed by atoms with Crippen molar-refractivity contribution in [2.24, 2.45) is 11.8 Å². The van der Waals surface area contributed by atoms with E-state index < -0.39 is 11.6 Å². The summed E-state index contributed by atoms with van der Waals surface area (Å²) in [6.45, 7) is 8.08. The van der Waals surface area contributed by atoms with Crippen molar-refractivity contribution in [2.75, 3.05) is 0 Å². The van der Waals surface area contributed by atoms with Crippen LogP contribution in [0.15, 0.2) is 36.4 Å². The van der Waals surface area contributed by atoms with Crippen LogP contribution in [-0.4, -0.2) is 39.6 Å². The number of hydrogen-bond acceptors (Lipinski definition) is 5. The average Bonchev–Trinajstić information content (AvgIpc) is 3.18. The Morgan fingerprint density at radius 1 is 1.22 bits per heavy atom. The number of ether oxygens (including phenoxy) is 2. The Kier molecular flexibility index (Phi) is 5.37. The van der Waals surface area contributed by atoms with Crippen LogP contribution in [0.2, 0.25) is 0 Å². The molecule has 1 heterocycles. The number of phenols is 1. The van der Waals surface area contributed by atoms with Crippen molar-refractivity contribution in [1.82, 2.24) is 0 Å². The molecule has 0 unspecified atom stereocenters. The molecule has 3 rings (SSSR count). The minimum absolute atomic E-state index is 0.0262. The summed E-state index contributed by atoms with van der Waals surface area (Å²) in [6.07, 6.45) is 5.42. The monoisotopic (exact) mass is 374 g/mol. The Hall–Kier alpha value is -1.85. The Bertz CT molecular complexity index is 706. The molecular formula is C22H30O5. The molecule has 5 nitrogen and oxygen atoms in total. The van der Waals surface area contributed by atoms with E-state index >= 15 is 0 Å². The highest BCUT2D eigenvalue weighted by Gasteiger charge is 2.56. The van der Waals surface area contributed by atoms with Crippen molar-refractivity contribution in [1.29, 1.82) is 0 Å². The van der Waals surface area contributed by atoms with Gasteiger partial charge in [-0.05, 0) is 50.5 Å². The van der Waals surface area contributed by atoms with Crippen LogP contribution in [0.5, 0.6) is 5.75 Å². The second-order valence-electron chi connectivity index (χ2n) is 8.77. The lowest BCUT2D eigenvalue weighted by atomic mass is 9.80. The predicted octanol–water partition coefficient (Wildman–Crippen LogP) is 3.84. The highest BCUT2D eigenvalue weighted by atomic mass is 16.6. The first-order valence-electron chi connectivity index (χ1n) is 9.66. The van der Waals surface area contributed by atoms with Crippen molar-refractivity contribution in [3.8, 4) is 5.75 Å². The quantitative estimate of drug-likeness (QED) is 0.477. The molecule has 0 saturated carbocycles. The lowest BCUT2D eigenvalue weighted by Gasteiger charge is -2.31. The summed E-state index contributed by atoms with van der Waals surface area (Å²) < 4.78 is 11.8. The maximum absolute atomic E-state index is 12.7. The maximum atomic E-state index is 12.7. The Morgan fingerprint density at radius 3 is 2.52 bits per heavy atom. The lowest BCUT2D eigenvalue weighted by Crippen LogP contribution is -2.36. The average molecular weight is 374 g/mol. The van der Waals surface area contributed by atoms with Crippen LogP contribution in [0.4, 0.5) is 0 Å². The van der Waals surface area contributed by atoms with Gasteiger partial charge in [-0.3, -0.25) is 0 Å². The van der Waals surface area contributed by atoms with Gasteiger partial charge in [0.25, 0.3) is 0 Å². The van der Waals surface area contributed by atoms with Gasteiger partial charge in [0.2, 0.25) is 0 Å². The van der Waals surface area contributed by atoms with Gasteiger partial charge >= 0.3 is 5.97 Å². The number of aliphatic hydroxyl groups is 1. The third kappa shape index (κ3) is 4.71. The smallest absolute Gasteiger partial charge is 0.338 e. The molecule has 5 atom stereocenters. The number of esters is 1. The number of rotatable bonds is 3. The van der Waals surface area contributed by atoms with E-state index in [0.29, 0.717) is 24.8 Å². The Morgan fingerprint density at radius 2 is 1.89 bits per heavy atom. The molecule has 2 aliphatic rings. The Labute approximate surface area is 161 Å². The third-order valence-electron chi connectivity index (χ3n) is 5.74. The first-order valence-corrected chi connectivity index (χ1v) is 9.66. The van der Waals surface area contributed by atoms with Crippen molar-refractivity contribution in [2.45, 2.75) is 70.4 Å². The molecule has 0 radical (unpaired) electrons. The van der Waals surface area contributed by atoms with Gasteiger partial charge < -0.3 is 19.7 Å². The van der Waals surface area contributed by atoms with Gasteiger partial charge in [0.05, 0.1) is 22.9 Å². The van der Waals surface area contributed by atoms with Gasteiger partial charge in [0.1, 0.15) is 11.9 Å². The van der Waals surface area contributed by atoms with E-state index in [-0.39, 0.29) is 35.4 Å². The van der Waals surface area contributed by atoms with Crippen LogP contribution in [0.25, 0.3) is 0 Å². The number of fused-ring (bicyclic) bond motifs is 1. The van der Waals surface area contributed by atoms with Crippen molar-refractivity contribution in [3.63, 3.8) is 0 Å². The maximum Gasteiger partial charge on any atom is 0.338 e. The SMILES string of the molecule is CC(C)[C@@H]1/C=C/C[C@](C)(O)C[C@H]2O[C@@]2(C)C[C@@H]1OC(=O)c1ccc(O)cc1. The molecule has 27 heavy (non-hydrogen) atoms. The minimum atomic E-state index is -0.796. The summed E-state index contributed by atoms with van der Waals surface area (Å²) in [5.41, 5.74) is -0.768. The fraction of sp³-hybridized carbons (Fsp3) is 0.591. The normalized spacial score (nSPS) is 37.3. The second kappa shape index (κ2) is 7.28. The molecule has 0 bridgehead atoms. The van der Waals surface area contributed by atoms with Crippen LogP contribution >= 0.6 is 0 Å². The van der Waals surface area contributed by atoms with Gasteiger partial charge in [-0.1, -0.05) is 26.0 Å². The standard InChI is InChI=1S/C22H30O5/c1-14(2)17-6-5-11-21(3,25)13-19-22(4,27-19)12-18(17)26-20(24)15-7-9-16(23)10-8-15/h5-10,14,17-19,23,25H,11-13H2,1-4H3/b6-5+/t17-,18-,19+,21-,22-/m0/s1. The van der Waals surface area contributed by atoms with Crippen LogP contribution in [0, 0.1) is 11.8 Å². The summed E-state index contributed by atoms with van der Waals surface area (Å²) in [6, 6.07) is 6.08. The second-order valence-corrected chi connectivity index (χ2v) is 8.77. The zero-order valence-electron chi connectivity index (χ0n) is 16.5. The Balaban J connectivity index is 1.84. The number of benzene rings is 1. The molecule has 1 saturated heterocycles. The number of epoxide rings is 1. The largest absolute Gasteiger partial charge is 0.508 e. The number of aromatic hydroxyl groups is 1. The molecule has 0 aromatic heterocycles. The molecule has 5 heteroatoms. The number of hydrogen-bond donors (Lipinski definition) is 2. The number of carbonyl (C=O) groups is 1. The van der Waals surface area contributed by atoms with Gasteiger partial charge in [-0.15, -0.1) is 0 Å². The zero-order valence-corrected chi connectivity index (χ0v) is 16.5. The molecule has 1 aromatic rings. The first-order chi connectivity index (χ1) is 12.6. The summed E-state index contributed by atoms with van der Waals surface area (Å²) in [4.78, 5) is 12.7. The lowest BCUT2D eigenvalue weighted by molar-refractivity contribution is 0.00393. The zero-order chi connectivity index (χ0) is 19.8. The molecule has 1 aromatic carbocycles. The van der Waals surface area contributed by atoms with Crippen LogP contribution < -0.4 is 0 Å². The molecule has 1 fully saturated rings. The topological polar surface area (TPSA) is 79.3 Å². The summed E-state index contributed by atoms with van der Waals surface area (Å²) in [5.74, 6) is 0.0107. The molecular weight excluding hydrogens is 344 g/mol. The number of carbonyl (C=O) groups excluding carboxylic acids is 1. The van der Waals surface area contributed by atoms with Gasteiger partial charge in [-0.2, -0.15) is 0 Å². The van der Waals surface area contributed by atoms with E-state index in [2.05, 4.69) is 19.9 Å². The summed E-state index contributed by atoms with van der Waals surface area (Å²) >= 11 is 0. The van der Waals surface area contributed by atoms with E-state index in [1.165, 1.54) is 12.1 Å². The van der Waals surface area contributed by atoms with E-state index in [0.717, 1.165) is 0 Å². The van der Waals surface area contributed by atoms with Gasteiger partial charge in [0.15, 0.2) is 0 Å². The van der Waals surface area contributed by atoms with E-state index in [1.54, 1.807) is 12.1 Å². The van der Waals surface area contributed by atoms with Crippen LogP contribution in [0.1, 0.15) is 57.3 Å². The van der Waals surface area contributed by atoms with E-state index in [4.69, 9.17) is 9.47 Å². The fourth-order valence-electron chi connectivity index (χ4n) is 3.92. The molecule has 1 aliphatic heterocycles. The number of phenolic OH excluding ortho intramolecular Hbond substituents is 1. The fourth-order valence-corrected chi connectivity index (χ4v) is 3.92. The summed E-state index contributed by atoms with van der Waals surface area (Å²) in [7, 11) is 0. The van der Waals surface area contributed by atoms with Crippen molar-refractivity contribution in [3.05, 3.63) is 42.0 Å². The van der Waals surface area contributed by atoms with Gasteiger partial charge in [-0.25, -0.2) is 4.79 Å². The molecule has 148 valence electrons. The van der Waals surface area contributed by atoms with E-state index in [1.807, 2.05) is 19.9 Å². The van der Waals surface area contributed by atoms with Gasteiger partial charge in [0, 0.05) is 18.8 Å². The van der Waals surface area contributed by atoms with Crippen LogP contribution in [-0.2, 0) is 9.47 Å². The summed E-state index contributed by atoms with van der Waals surface area (Å²) in [5, 5.41) is 20.0. The third-order valence-corrected chi connectivity index (χ3v) is 5.74. The molecule has 1 aliphatic carbocycles. The minimum Gasteiger partial charge on any atom is -0.508 e. The molecule has 2 N–H and O–H groups in total. The highest BCUT2D eigenvalue weighted by Crippen LogP contribution is 2.47. The van der Waals surface area contributed by atoms with Crippen molar-refractivity contribution >= 4 is 5.97 Å². The van der Waals surface area contributed by atoms with Crippen LogP contribution in [0.3, 0.4) is 0 Å². The van der Waals surface area contributed by atoms with Crippen molar-refractivity contribution < 1.29 is 24.5 Å². The molecule has 0 spiro atoms. The highest BCUT2D eigenvalue weighted by molar-refractivity contribution is 5.89. The van der Waals surface area contributed by atoms with E-state index in [9.17, 15) is 15.0 Å².